The predicted molar refractivity (Wildman–Crippen MR) is 155 cm³/mol. The quantitative estimate of drug-likeness (QED) is 0.293. The number of fused-ring (bicyclic) bond motifs is 1. The highest BCUT2D eigenvalue weighted by molar-refractivity contribution is 5.44. The molecule has 0 amide bonds. The lowest BCUT2D eigenvalue weighted by molar-refractivity contribution is -0.230. The lowest BCUT2D eigenvalue weighted by Gasteiger charge is -2.32. The number of hydrogen-bond donors (Lipinski definition) is 0. The van der Waals surface area contributed by atoms with Crippen LogP contribution < -0.4 is 9.47 Å². The van der Waals surface area contributed by atoms with E-state index in [9.17, 15) is 0 Å². The molecule has 2 unspecified atom stereocenters. The lowest BCUT2D eigenvalue weighted by atomic mass is 10.0. The molecule has 40 heavy (non-hydrogen) atoms. The van der Waals surface area contributed by atoms with Gasteiger partial charge in [-0.15, -0.1) is 0 Å². The number of hydrogen-bond acceptors (Lipinski definition) is 6. The molecular formula is C34H42O6. The minimum absolute atomic E-state index is 0.274. The zero-order chi connectivity index (χ0) is 28.6. The fraction of sp³-hybridized carbons (Fsp3) is 0.471. The first-order valence-corrected chi connectivity index (χ1v) is 14.1. The van der Waals surface area contributed by atoms with Gasteiger partial charge < -0.3 is 28.4 Å². The second kappa shape index (κ2) is 11.5. The third-order valence-electron chi connectivity index (χ3n) is 7.55. The van der Waals surface area contributed by atoms with Crippen LogP contribution in [0, 0.1) is 41.5 Å². The Bertz CT molecular complexity index is 1290. The fourth-order valence-corrected chi connectivity index (χ4v) is 6.02. The van der Waals surface area contributed by atoms with E-state index in [0.29, 0.717) is 6.61 Å². The number of benzene rings is 3. The standard InChI is InChI=1S/C34H42O6/c1-20-14-22(3)28(23(4)15-20)36-19-27(37-29-24(5)16-21(2)17-25(29)6)30-31(35-18-26-12-10-9-11-13-26)32-33(38-30)40-34(7,8)39-32/h9-17,27,30-33H,18-19H2,1-8H3/t27?,30-,31?,32+,33-/m1/s1. The molecule has 3 aromatic carbocycles. The molecule has 0 saturated carbocycles. The van der Waals surface area contributed by atoms with Gasteiger partial charge in [0.15, 0.2) is 18.2 Å². The highest BCUT2D eigenvalue weighted by atomic mass is 16.8. The van der Waals surface area contributed by atoms with Gasteiger partial charge in [0.2, 0.25) is 0 Å². The Hall–Kier alpha value is -2.90. The highest BCUT2D eigenvalue weighted by Gasteiger charge is 2.58. The summed E-state index contributed by atoms with van der Waals surface area (Å²) in [5.41, 5.74) is 7.80. The van der Waals surface area contributed by atoms with E-state index in [0.717, 1.165) is 39.3 Å². The van der Waals surface area contributed by atoms with E-state index in [1.165, 1.54) is 11.1 Å². The zero-order valence-electron chi connectivity index (χ0n) is 24.9. The topological polar surface area (TPSA) is 55.4 Å². The van der Waals surface area contributed by atoms with Gasteiger partial charge in [0.25, 0.3) is 0 Å². The molecule has 2 heterocycles. The SMILES string of the molecule is Cc1cc(C)c(OCC(Oc2c(C)cc(C)cc2C)[C@H]2O[C@@H]3OC(C)(C)O[C@H]3C2OCc2ccccc2)c(C)c1. The number of ether oxygens (including phenoxy) is 6. The number of rotatable bonds is 9. The third kappa shape index (κ3) is 6.21. The van der Waals surface area contributed by atoms with Crippen LogP contribution in [-0.4, -0.2) is 43.1 Å². The van der Waals surface area contributed by atoms with E-state index in [1.807, 2.05) is 32.0 Å². The summed E-state index contributed by atoms with van der Waals surface area (Å²) in [6.45, 7) is 17.0. The highest BCUT2D eigenvalue weighted by Crippen LogP contribution is 2.41. The first kappa shape index (κ1) is 28.6. The third-order valence-corrected chi connectivity index (χ3v) is 7.55. The van der Waals surface area contributed by atoms with Gasteiger partial charge in [-0.1, -0.05) is 65.7 Å². The maximum absolute atomic E-state index is 6.80. The normalized spacial score (nSPS) is 24.1. The minimum atomic E-state index is -0.762. The van der Waals surface area contributed by atoms with Crippen LogP contribution in [0.15, 0.2) is 54.6 Å². The van der Waals surface area contributed by atoms with Crippen LogP contribution >= 0.6 is 0 Å². The van der Waals surface area contributed by atoms with Crippen LogP contribution in [0.4, 0.5) is 0 Å². The Morgan fingerprint density at radius 1 is 0.775 bits per heavy atom. The van der Waals surface area contributed by atoms with Crippen molar-refractivity contribution in [2.75, 3.05) is 6.61 Å². The van der Waals surface area contributed by atoms with Gasteiger partial charge in [0.1, 0.15) is 36.4 Å². The van der Waals surface area contributed by atoms with Crippen LogP contribution in [0.25, 0.3) is 0 Å². The second-order valence-electron chi connectivity index (χ2n) is 11.8. The van der Waals surface area contributed by atoms with Crippen molar-refractivity contribution in [2.45, 2.75) is 98.5 Å². The maximum Gasteiger partial charge on any atom is 0.190 e. The van der Waals surface area contributed by atoms with Gasteiger partial charge in [0.05, 0.1) is 6.61 Å². The summed E-state index contributed by atoms with van der Waals surface area (Å²) in [5.74, 6) is 0.938. The van der Waals surface area contributed by atoms with E-state index in [1.54, 1.807) is 0 Å². The van der Waals surface area contributed by atoms with Crippen molar-refractivity contribution in [3.05, 3.63) is 93.5 Å². The maximum atomic E-state index is 6.80. The average molecular weight is 547 g/mol. The summed E-state index contributed by atoms with van der Waals surface area (Å²) in [7, 11) is 0. The minimum Gasteiger partial charge on any atom is -0.489 e. The summed E-state index contributed by atoms with van der Waals surface area (Å²) >= 11 is 0. The Kier molecular flexibility index (Phi) is 8.25. The van der Waals surface area contributed by atoms with Crippen molar-refractivity contribution in [3.63, 3.8) is 0 Å². The molecule has 6 nitrogen and oxygen atoms in total. The molecule has 214 valence electrons. The van der Waals surface area contributed by atoms with E-state index in [4.69, 9.17) is 28.4 Å². The van der Waals surface area contributed by atoms with Crippen molar-refractivity contribution in [1.29, 1.82) is 0 Å². The summed E-state index contributed by atoms with van der Waals surface area (Å²) in [5, 5.41) is 0. The van der Waals surface area contributed by atoms with Crippen LogP contribution in [0.3, 0.4) is 0 Å². The summed E-state index contributed by atoms with van der Waals surface area (Å²) in [6, 6.07) is 18.7. The molecular weight excluding hydrogens is 504 g/mol. The molecule has 0 bridgehead atoms. The summed E-state index contributed by atoms with van der Waals surface area (Å²) in [6.07, 6.45) is -2.34. The zero-order valence-corrected chi connectivity index (χ0v) is 24.9. The molecule has 0 spiro atoms. The predicted octanol–water partition coefficient (Wildman–Crippen LogP) is 6.83. The molecule has 0 aromatic heterocycles. The first-order valence-electron chi connectivity index (χ1n) is 14.1. The lowest BCUT2D eigenvalue weighted by Crippen LogP contribution is -2.47. The van der Waals surface area contributed by atoms with E-state index < -0.39 is 36.5 Å². The Labute approximate surface area is 238 Å². The molecule has 5 rings (SSSR count). The number of aryl methyl sites for hydroxylation is 6. The van der Waals surface area contributed by atoms with Crippen molar-refractivity contribution in [3.8, 4) is 11.5 Å². The van der Waals surface area contributed by atoms with Crippen molar-refractivity contribution in [1.82, 2.24) is 0 Å². The fourth-order valence-electron chi connectivity index (χ4n) is 6.02. The average Bonchev–Trinajstić information content (AvgIpc) is 3.34. The van der Waals surface area contributed by atoms with E-state index >= 15 is 0 Å². The van der Waals surface area contributed by atoms with Gasteiger partial charge in [-0.05, 0) is 83.2 Å². The van der Waals surface area contributed by atoms with Crippen LogP contribution in [-0.2, 0) is 25.6 Å². The molecule has 2 aliphatic rings. The molecule has 0 aliphatic carbocycles. The Morgan fingerprint density at radius 2 is 1.35 bits per heavy atom. The van der Waals surface area contributed by atoms with Crippen LogP contribution in [0.5, 0.6) is 11.5 Å². The Morgan fingerprint density at radius 3 is 1.95 bits per heavy atom. The van der Waals surface area contributed by atoms with Crippen molar-refractivity contribution >= 4 is 0 Å². The summed E-state index contributed by atoms with van der Waals surface area (Å²) < 4.78 is 38.9. The van der Waals surface area contributed by atoms with Crippen molar-refractivity contribution in [2.24, 2.45) is 0 Å². The smallest absolute Gasteiger partial charge is 0.190 e. The Balaban J connectivity index is 1.47. The molecule has 0 N–H and O–H groups in total. The monoisotopic (exact) mass is 546 g/mol. The molecule has 2 fully saturated rings. The molecule has 5 atom stereocenters. The molecule has 6 heteroatoms. The van der Waals surface area contributed by atoms with Gasteiger partial charge in [-0.2, -0.15) is 0 Å². The van der Waals surface area contributed by atoms with Crippen LogP contribution in [0.2, 0.25) is 0 Å². The molecule has 2 aliphatic heterocycles. The van der Waals surface area contributed by atoms with Crippen LogP contribution in [0.1, 0.15) is 52.8 Å². The molecule has 0 radical (unpaired) electrons. The molecule has 3 aromatic rings. The second-order valence-corrected chi connectivity index (χ2v) is 11.8. The largest absolute Gasteiger partial charge is 0.489 e. The van der Waals surface area contributed by atoms with Gasteiger partial charge in [-0.3, -0.25) is 0 Å². The van der Waals surface area contributed by atoms with E-state index in [-0.39, 0.29) is 6.61 Å². The van der Waals surface area contributed by atoms with Gasteiger partial charge in [-0.25, -0.2) is 0 Å². The van der Waals surface area contributed by atoms with E-state index in [2.05, 4.69) is 77.9 Å². The molecule has 2 saturated heterocycles. The van der Waals surface area contributed by atoms with Gasteiger partial charge >= 0.3 is 0 Å². The summed E-state index contributed by atoms with van der Waals surface area (Å²) in [4.78, 5) is 0. The van der Waals surface area contributed by atoms with Gasteiger partial charge in [0, 0.05) is 0 Å². The first-order chi connectivity index (χ1) is 19.0. The van der Waals surface area contributed by atoms with Crippen molar-refractivity contribution < 1.29 is 28.4 Å².